The molecule has 2 aliphatic rings. The highest BCUT2D eigenvalue weighted by molar-refractivity contribution is 5.79. The van der Waals surface area contributed by atoms with E-state index in [0.717, 1.165) is 17.8 Å². The van der Waals surface area contributed by atoms with E-state index in [1.54, 1.807) is 4.90 Å². The van der Waals surface area contributed by atoms with Gasteiger partial charge in [-0.05, 0) is 29.8 Å². The summed E-state index contributed by atoms with van der Waals surface area (Å²) in [4.78, 5) is 20.2. The van der Waals surface area contributed by atoms with Gasteiger partial charge in [-0.25, -0.2) is 4.98 Å². The first-order valence-electron chi connectivity index (χ1n) is 9.35. The standard InChI is InChI=1S/C20H20F3N3O3/c21-20(22,23)15-2-4-18(24-13-15)25-5-7-26(8-6-25)19(27)12-14-1-3-16-17(11-14)29-10-9-28-16/h1-4,11,13H,5-10,12H2. The Morgan fingerprint density at radius 3 is 2.38 bits per heavy atom. The third-order valence-corrected chi connectivity index (χ3v) is 4.99. The van der Waals surface area contributed by atoms with Crippen molar-refractivity contribution in [2.45, 2.75) is 12.6 Å². The number of benzene rings is 1. The van der Waals surface area contributed by atoms with E-state index in [-0.39, 0.29) is 12.3 Å². The molecule has 1 fully saturated rings. The fourth-order valence-corrected chi connectivity index (χ4v) is 3.41. The van der Waals surface area contributed by atoms with Crippen LogP contribution in [0.1, 0.15) is 11.1 Å². The Bertz CT molecular complexity index is 879. The van der Waals surface area contributed by atoms with E-state index in [2.05, 4.69) is 4.98 Å². The number of nitrogens with zero attached hydrogens (tertiary/aromatic N) is 3. The van der Waals surface area contributed by atoms with Crippen LogP contribution < -0.4 is 14.4 Å². The molecule has 154 valence electrons. The number of amides is 1. The average Bonchev–Trinajstić information content (AvgIpc) is 2.73. The molecule has 0 atom stereocenters. The van der Waals surface area contributed by atoms with Crippen LogP contribution in [0.2, 0.25) is 0 Å². The number of hydrogen-bond acceptors (Lipinski definition) is 5. The summed E-state index contributed by atoms with van der Waals surface area (Å²) >= 11 is 0. The lowest BCUT2D eigenvalue weighted by molar-refractivity contribution is -0.137. The second-order valence-corrected chi connectivity index (χ2v) is 6.93. The van der Waals surface area contributed by atoms with E-state index in [1.807, 2.05) is 23.1 Å². The molecule has 9 heteroatoms. The molecule has 0 aliphatic carbocycles. The number of anilines is 1. The Kier molecular flexibility index (Phi) is 5.21. The lowest BCUT2D eigenvalue weighted by atomic mass is 10.1. The van der Waals surface area contributed by atoms with Crippen LogP contribution in [-0.2, 0) is 17.4 Å². The van der Waals surface area contributed by atoms with Crippen LogP contribution in [0, 0.1) is 0 Å². The molecule has 1 saturated heterocycles. The number of hydrogen-bond donors (Lipinski definition) is 0. The molecule has 2 aliphatic heterocycles. The zero-order valence-corrected chi connectivity index (χ0v) is 15.6. The number of piperazine rings is 1. The zero-order valence-electron chi connectivity index (χ0n) is 15.6. The largest absolute Gasteiger partial charge is 0.486 e. The highest BCUT2D eigenvalue weighted by Crippen LogP contribution is 2.31. The van der Waals surface area contributed by atoms with Gasteiger partial charge >= 0.3 is 6.18 Å². The molecular weight excluding hydrogens is 387 g/mol. The minimum absolute atomic E-state index is 0.00158. The molecule has 1 amide bonds. The van der Waals surface area contributed by atoms with Crippen molar-refractivity contribution in [3.63, 3.8) is 0 Å². The first-order chi connectivity index (χ1) is 13.9. The Labute approximate surface area is 165 Å². The molecule has 3 heterocycles. The van der Waals surface area contributed by atoms with Gasteiger partial charge in [0.05, 0.1) is 12.0 Å². The van der Waals surface area contributed by atoms with E-state index < -0.39 is 11.7 Å². The number of rotatable bonds is 3. The molecule has 29 heavy (non-hydrogen) atoms. The van der Waals surface area contributed by atoms with Crippen LogP contribution in [-0.4, -0.2) is 55.2 Å². The summed E-state index contributed by atoms with van der Waals surface area (Å²) in [6, 6.07) is 7.89. The smallest absolute Gasteiger partial charge is 0.417 e. The van der Waals surface area contributed by atoms with Gasteiger partial charge in [0.15, 0.2) is 11.5 Å². The second-order valence-electron chi connectivity index (χ2n) is 6.93. The van der Waals surface area contributed by atoms with Crippen molar-refractivity contribution in [3.05, 3.63) is 47.7 Å². The molecule has 2 aromatic rings. The molecule has 0 spiro atoms. The van der Waals surface area contributed by atoms with E-state index >= 15 is 0 Å². The number of ether oxygens (including phenoxy) is 2. The van der Waals surface area contributed by atoms with Gasteiger partial charge in [-0.15, -0.1) is 0 Å². The molecule has 0 saturated carbocycles. The van der Waals surface area contributed by atoms with Gasteiger partial charge in [-0.2, -0.15) is 13.2 Å². The van der Waals surface area contributed by atoms with Crippen molar-refractivity contribution in [2.24, 2.45) is 0 Å². The second kappa shape index (κ2) is 7.81. The predicted molar refractivity (Wildman–Crippen MR) is 99.2 cm³/mol. The van der Waals surface area contributed by atoms with E-state index in [9.17, 15) is 18.0 Å². The quantitative estimate of drug-likeness (QED) is 0.783. The molecule has 0 unspecified atom stereocenters. The average molecular weight is 407 g/mol. The maximum absolute atomic E-state index is 12.7. The number of halogens is 3. The Morgan fingerprint density at radius 2 is 1.72 bits per heavy atom. The molecule has 1 aromatic heterocycles. The fourth-order valence-electron chi connectivity index (χ4n) is 3.41. The summed E-state index contributed by atoms with van der Waals surface area (Å²) in [6.45, 7) is 3.03. The first-order valence-corrected chi connectivity index (χ1v) is 9.35. The van der Waals surface area contributed by atoms with E-state index in [0.29, 0.717) is 56.7 Å². The minimum Gasteiger partial charge on any atom is -0.486 e. The summed E-state index contributed by atoms with van der Waals surface area (Å²) in [6.07, 6.45) is -3.30. The van der Waals surface area contributed by atoms with Crippen molar-refractivity contribution < 1.29 is 27.4 Å². The third kappa shape index (κ3) is 4.38. The fraction of sp³-hybridized carbons (Fsp3) is 0.400. The SMILES string of the molecule is O=C(Cc1ccc2c(c1)OCCO2)N1CCN(c2ccc(C(F)(F)F)cn2)CC1. The molecule has 0 N–H and O–H groups in total. The van der Waals surface area contributed by atoms with Crippen molar-refractivity contribution in [1.29, 1.82) is 0 Å². The zero-order chi connectivity index (χ0) is 20.4. The van der Waals surface area contributed by atoms with Crippen molar-refractivity contribution >= 4 is 11.7 Å². The number of alkyl halides is 3. The summed E-state index contributed by atoms with van der Waals surface area (Å²) in [5.41, 5.74) is 0.0839. The minimum atomic E-state index is -4.40. The summed E-state index contributed by atoms with van der Waals surface area (Å²) in [7, 11) is 0. The topological polar surface area (TPSA) is 54.9 Å². The molecule has 4 rings (SSSR count). The number of pyridine rings is 1. The molecule has 0 bridgehead atoms. The van der Waals surface area contributed by atoms with Gasteiger partial charge in [0.25, 0.3) is 0 Å². The van der Waals surface area contributed by atoms with Crippen LogP contribution in [0.5, 0.6) is 11.5 Å². The number of fused-ring (bicyclic) bond motifs is 1. The molecular formula is C20H20F3N3O3. The van der Waals surface area contributed by atoms with Crippen molar-refractivity contribution in [3.8, 4) is 11.5 Å². The van der Waals surface area contributed by atoms with Gasteiger partial charge in [0.1, 0.15) is 19.0 Å². The van der Waals surface area contributed by atoms with Crippen molar-refractivity contribution in [2.75, 3.05) is 44.3 Å². The predicted octanol–water partition coefficient (Wildman–Crippen LogP) is 2.76. The van der Waals surface area contributed by atoms with Gasteiger partial charge in [0, 0.05) is 32.4 Å². The van der Waals surface area contributed by atoms with E-state index in [4.69, 9.17) is 9.47 Å². The Hall–Kier alpha value is -2.97. The lowest BCUT2D eigenvalue weighted by Crippen LogP contribution is -2.49. The maximum atomic E-state index is 12.7. The number of carbonyl (C=O) groups is 1. The lowest BCUT2D eigenvalue weighted by Gasteiger charge is -2.35. The van der Waals surface area contributed by atoms with Crippen LogP contribution in [0.3, 0.4) is 0 Å². The van der Waals surface area contributed by atoms with Crippen molar-refractivity contribution in [1.82, 2.24) is 9.88 Å². The Balaban J connectivity index is 1.33. The van der Waals surface area contributed by atoms with Crippen LogP contribution >= 0.6 is 0 Å². The third-order valence-electron chi connectivity index (χ3n) is 4.99. The molecule has 6 nitrogen and oxygen atoms in total. The Morgan fingerprint density at radius 1 is 1.00 bits per heavy atom. The normalized spacial score (nSPS) is 16.7. The highest BCUT2D eigenvalue weighted by Gasteiger charge is 2.31. The molecule has 0 radical (unpaired) electrons. The summed E-state index contributed by atoms with van der Waals surface area (Å²) in [5, 5.41) is 0. The first kappa shape index (κ1) is 19.4. The maximum Gasteiger partial charge on any atom is 0.417 e. The van der Waals surface area contributed by atoms with Gasteiger partial charge in [-0.3, -0.25) is 4.79 Å². The number of aromatic nitrogens is 1. The van der Waals surface area contributed by atoms with Crippen LogP contribution in [0.25, 0.3) is 0 Å². The highest BCUT2D eigenvalue weighted by atomic mass is 19.4. The summed E-state index contributed by atoms with van der Waals surface area (Å²) in [5.74, 6) is 1.82. The van der Waals surface area contributed by atoms with Gasteiger partial charge < -0.3 is 19.3 Å². The molecule has 1 aromatic carbocycles. The van der Waals surface area contributed by atoms with Gasteiger partial charge in [-0.1, -0.05) is 6.07 Å². The number of carbonyl (C=O) groups excluding carboxylic acids is 1. The van der Waals surface area contributed by atoms with Gasteiger partial charge in [0.2, 0.25) is 5.91 Å². The van der Waals surface area contributed by atoms with Crippen LogP contribution in [0.4, 0.5) is 19.0 Å². The van der Waals surface area contributed by atoms with E-state index in [1.165, 1.54) is 6.07 Å². The summed E-state index contributed by atoms with van der Waals surface area (Å²) < 4.78 is 49.0. The van der Waals surface area contributed by atoms with Crippen LogP contribution in [0.15, 0.2) is 36.5 Å². The monoisotopic (exact) mass is 407 g/mol.